The highest BCUT2D eigenvalue weighted by Crippen LogP contribution is 2.31. The number of methoxy groups -OCH3 is 1. The van der Waals surface area contributed by atoms with Gasteiger partial charge in [0.25, 0.3) is 10.0 Å². The van der Waals surface area contributed by atoms with Gasteiger partial charge >= 0.3 is 6.01 Å². The van der Waals surface area contributed by atoms with Crippen molar-refractivity contribution in [2.45, 2.75) is 30.6 Å². The maximum Gasteiger partial charge on any atom is 0.316 e. The highest BCUT2D eigenvalue weighted by atomic mass is 32.2. The van der Waals surface area contributed by atoms with E-state index in [0.717, 1.165) is 11.3 Å². The first kappa shape index (κ1) is 17.6. The van der Waals surface area contributed by atoms with E-state index < -0.39 is 16.1 Å². The molecule has 0 aliphatic heterocycles. The summed E-state index contributed by atoms with van der Waals surface area (Å²) in [6.07, 6.45) is 2.84. The van der Waals surface area contributed by atoms with Gasteiger partial charge in [0.05, 0.1) is 24.2 Å². The molecule has 11 heteroatoms. The van der Waals surface area contributed by atoms with Crippen LogP contribution in [0.2, 0.25) is 0 Å². The molecule has 1 N–H and O–H groups in total. The van der Waals surface area contributed by atoms with Crippen LogP contribution in [-0.2, 0) is 16.6 Å². The van der Waals surface area contributed by atoms with Crippen LogP contribution in [0.5, 0.6) is 6.01 Å². The maximum atomic E-state index is 12.6. The van der Waals surface area contributed by atoms with E-state index in [9.17, 15) is 8.42 Å². The van der Waals surface area contributed by atoms with Gasteiger partial charge in [0.1, 0.15) is 4.21 Å². The predicted octanol–water partition coefficient (Wildman–Crippen LogP) is 2.06. The molecule has 0 aliphatic carbocycles. The number of hydrogen-bond acceptors (Lipinski definition) is 8. The average molecular weight is 383 g/mol. The smallest absolute Gasteiger partial charge is 0.316 e. The second-order valence-electron chi connectivity index (χ2n) is 5.12. The molecule has 0 fully saturated rings. The Morgan fingerprint density at radius 2 is 2.20 bits per heavy atom. The largest absolute Gasteiger partial charge is 0.467 e. The van der Waals surface area contributed by atoms with E-state index in [-0.39, 0.29) is 4.21 Å². The van der Waals surface area contributed by atoms with Crippen molar-refractivity contribution in [2.75, 3.05) is 7.11 Å². The van der Waals surface area contributed by atoms with Crippen molar-refractivity contribution < 1.29 is 17.6 Å². The minimum atomic E-state index is -3.72. The number of rotatable bonds is 7. The summed E-state index contributed by atoms with van der Waals surface area (Å²) < 4.78 is 40.1. The molecular formula is C14H17N5O4S2. The van der Waals surface area contributed by atoms with E-state index in [0.29, 0.717) is 29.0 Å². The molecule has 1 atom stereocenters. The number of thiophene rings is 1. The van der Waals surface area contributed by atoms with Gasteiger partial charge in [-0.15, -0.1) is 16.4 Å². The third-order valence-corrected chi connectivity index (χ3v) is 6.62. The number of sulfonamides is 1. The molecule has 0 aromatic carbocycles. The van der Waals surface area contributed by atoms with E-state index in [1.807, 2.05) is 6.92 Å². The summed E-state index contributed by atoms with van der Waals surface area (Å²) in [5.74, 6) is 1.00. The lowest BCUT2D eigenvalue weighted by atomic mass is 10.3. The van der Waals surface area contributed by atoms with E-state index in [1.165, 1.54) is 25.8 Å². The van der Waals surface area contributed by atoms with Crippen molar-refractivity contribution in [2.24, 2.45) is 0 Å². The number of nitrogens with zero attached hydrogens (tertiary/aromatic N) is 4. The zero-order valence-electron chi connectivity index (χ0n) is 13.8. The second kappa shape index (κ2) is 6.94. The first-order valence-electron chi connectivity index (χ1n) is 7.44. The number of hydrogen-bond donors (Lipinski definition) is 1. The van der Waals surface area contributed by atoms with Crippen molar-refractivity contribution in [3.8, 4) is 16.6 Å². The number of oxazole rings is 1. The highest BCUT2D eigenvalue weighted by Gasteiger charge is 2.25. The van der Waals surface area contributed by atoms with Gasteiger partial charge in [0.15, 0.2) is 18.0 Å². The topological polar surface area (TPSA) is 112 Å². The van der Waals surface area contributed by atoms with Crippen LogP contribution in [0.1, 0.15) is 25.7 Å². The van der Waals surface area contributed by atoms with Crippen LogP contribution in [-0.4, -0.2) is 35.3 Å². The Morgan fingerprint density at radius 3 is 2.84 bits per heavy atom. The number of aromatic nitrogens is 4. The van der Waals surface area contributed by atoms with E-state index >= 15 is 0 Å². The molecule has 0 saturated carbocycles. The predicted molar refractivity (Wildman–Crippen MR) is 90.8 cm³/mol. The molecule has 25 heavy (non-hydrogen) atoms. The molecule has 0 amide bonds. The SMILES string of the molecule is CCn1c(OC)nnc1[C@@H](C)NS(=O)(=O)c1ccc(-c2cnco2)s1. The zero-order valence-corrected chi connectivity index (χ0v) is 15.5. The minimum Gasteiger partial charge on any atom is -0.467 e. The third-order valence-electron chi connectivity index (χ3n) is 3.48. The summed E-state index contributed by atoms with van der Waals surface area (Å²) in [5.41, 5.74) is 0. The van der Waals surface area contributed by atoms with Crippen LogP contribution in [0.4, 0.5) is 0 Å². The molecule has 0 aliphatic rings. The van der Waals surface area contributed by atoms with Crippen LogP contribution in [0.15, 0.2) is 33.3 Å². The van der Waals surface area contributed by atoms with Gasteiger partial charge in [-0.2, -0.15) is 4.72 Å². The first-order valence-corrected chi connectivity index (χ1v) is 9.74. The lowest BCUT2D eigenvalue weighted by molar-refractivity contribution is 0.354. The van der Waals surface area contributed by atoms with E-state index in [1.54, 1.807) is 17.6 Å². The van der Waals surface area contributed by atoms with Crippen LogP contribution < -0.4 is 9.46 Å². The fraction of sp³-hybridized carbons (Fsp3) is 0.357. The minimum absolute atomic E-state index is 0.181. The Labute approximate surface area is 148 Å². The Hall–Kier alpha value is -2.24. The van der Waals surface area contributed by atoms with Crippen LogP contribution >= 0.6 is 11.3 Å². The Bertz CT molecular complexity index is 946. The van der Waals surface area contributed by atoms with Crippen molar-refractivity contribution >= 4 is 21.4 Å². The van der Waals surface area contributed by atoms with Crippen LogP contribution in [0, 0.1) is 0 Å². The number of nitrogens with one attached hydrogen (secondary N) is 1. The highest BCUT2D eigenvalue weighted by molar-refractivity contribution is 7.91. The molecule has 3 heterocycles. The molecule has 3 aromatic rings. The Morgan fingerprint density at radius 1 is 1.40 bits per heavy atom. The van der Waals surface area contributed by atoms with Gasteiger partial charge in [-0.3, -0.25) is 4.57 Å². The molecule has 0 spiro atoms. The standard InChI is InChI=1S/C14H17N5O4S2/c1-4-19-13(16-17-14(19)22-3)9(2)18-25(20,21)12-6-5-11(24-12)10-7-15-8-23-10/h5-9,18H,4H2,1-3H3/t9-/m1/s1. The van der Waals surface area contributed by atoms with Crippen molar-refractivity contribution in [3.63, 3.8) is 0 Å². The number of ether oxygens (including phenoxy) is 1. The van der Waals surface area contributed by atoms with Crippen molar-refractivity contribution in [3.05, 3.63) is 30.5 Å². The normalized spacial score (nSPS) is 13.1. The monoisotopic (exact) mass is 383 g/mol. The summed E-state index contributed by atoms with van der Waals surface area (Å²) >= 11 is 1.10. The van der Waals surface area contributed by atoms with Gasteiger partial charge in [-0.05, 0) is 26.0 Å². The molecule has 0 saturated heterocycles. The van der Waals surface area contributed by atoms with Crippen LogP contribution in [0.3, 0.4) is 0 Å². The van der Waals surface area contributed by atoms with Crippen molar-refractivity contribution in [1.29, 1.82) is 0 Å². The van der Waals surface area contributed by atoms with Gasteiger partial charge in [0.2, 0.25) is 0 Å². The molecule has 0 radical (unpaired) electrons. The average Bonchev–Trinajstić information content (AvgIpc) is 3.32. The van der Waals surface area contributed by atoms with Gasteiger partial charge in [0, 0.05) is 6.54 Å². The van der Waals surface area contributed by atoms with E-state index in [2.05, 4.69) is 19.9 Å². The summed E-state index contributed by atoms with van der Waals surface area (Å²) in [7, 11) is -2.22. The molecule has 3 aromatic heterocycles. The summed E-state index contributed by atoms with van der Waals surface area (Å²) in [6.45, 7) is 4.17. The van der Waals surface area contributed by atoms with E-state index in [4.69, 9.17) is 9.15 Å². The lowest BCUT2D eigenvalue weighted by Gasteiger charge is -2.14. The molecule has 0 bridgehead atoms. The molecular weight excluding hydrogens is 366 g/mol. The summed E-state index contributed by atoms with van der Waals surface area (Å²) in [6, 6.07) is 2.98. The van der Waals surface area contributed by atoms with Crippen LogP contribution in [0.25, 0.3) is 10.6 Å². The van der Waals surface area contributed by atoms with Gasteiger partial charge < -0.3 is 9.15 Å². The molecule has 3 rings (SSSR count). The zero-order chi connectivity index (χ0) is 18.0. The van der Waals surface area contributed by atoms with Gasteiger partial charge in [-0.25, -0.2) is 13.4 Å². The Balaban J connectivity index is 1.83. The molecule has 0 unspecified atom stereocenters. The van der Waals surface area contributed by atoms with Gasteiger partial charge in [-0.1, -0.05) is 5.10 Å². The molecule has 9 nitrogen and oxygen atoms in total. The summed E-state index contributed by atoms with van der Waals surface area (Å²) in [5, 5.41) is 7.93. The first-order chi connectivity index (χ1) is 12.0. The van der Waals surface area contributed by atoms with Crippen molar-refractivity contribution in [1.82, 2.24) is 24.5 Å². The lowest BCUT2D eigenvalue weighted by Crippen LogP contribution is -2.28. The fourth-order valence-electron chi connectivity index (χ4n) is 2.35. The summed E-state index contributed by atoms with van der Waals surface area (Å²) in [4.78, 5) is 4.52. The Kier molecular flexibility index (Phi) is 4.88. The molecule has 134 valence electrons. The fourth-order valence-corrected chi connectivity index (χ4v) is 4.82. The third kappa shape index (κ3) is 3.43. The quantitative estimate of drug-likeness (QED) is 0.664. The maximum absolute atomic E-state index is 12.6. The second-order valence-corrected chi connectivity index (χ2v) is 8.14.